The standard InChI is InChI=1S/C27H23N3O4/c1-30-27(33)24(26(32)28-17-22(31)18-13-15-21(34-2)16-14-18)23(19-9-5-3-6-10-19)25(29-30)20-11-7-4-8-12-20/h3-16H,17H2,1-2H3,(H,28,32). The number of hydrogen-bond acceptors (Lipinski definition) is 5. The lowest BCUT2D eigenvalue weighted by Gasteiger charge is -2.16. The zero-order valence-corrected chi connectivity index (χ0v) is 18.8. The molecule has 0 aliphatic carbocycles. The van der Waals surface area contributed by atoms with Crippen molar-refractivity contribution in [2.24, 2.45) is 7.05 Å². The van der Waals surface area contributed by atoms with E-state index in [4.69, 9.17) is 4.74 Å². The molecule has 1 aromatic heterocycles. The van der Waals surface area contributed by atoms with E-state index in [1.807, 2.05) is 60.7 Å². The Kier molecular flexibility index (Phi) is 6.64. The Morgan fingerprint density at radius 3 is 2.06 bits per heavy atom. The van der Waals surface area contributed by atoms with Gasteiger partial charge in [-0.3, -0.25) is 14.4 Å². The molecule has 34 heavy (non-hydrogen) atoms. The van der Waals surface area contributed by atoms with Gasteiger partial charge in [0.25, 0.3) is 11.5 Å². The maximum absolute atomic E-state index is 13.3. The normalized spacial score (nSPS) is 10.5. The molecule has 0 aliphatic heterocycles. The van der Waals surface area contributed by atoms with Crippen molar-refractivity contribution in [3.8, 4) is 28.1 Å². The summed E-state index contributed by atoms with van der Waals surface area (Å²) in [7, 11) is 3.04. The largest absolute Gasteiger partial charge is 0.497 e. The van der Waals surface area contributed by atoms with Crippen molar-refractivity contribution in [2.45, 2.75) is 0 Å². The number of aryl methyl sites for hydroxylation is 1. The van der Waals surface area contributed by atoms with Gasteiger partial charge in [-0.15, -0.1) is 0 Å². The third kappa shape index (κ3) is 4.63. The van der Waals surface area contributed by atoms with Gasteiger partial charge in [-0.1, -0.05) is 60.7 Å². The molecule has 0 atom stereocenters. The lowest BCUT2D eigenvalue weighted by Crippen LogP contribution is -2.37. The van der Waals surface area contributed by atoms with Crippen molar-refractivity contribution in [1.29, 1.82) is 0 Å². The zero-order chi connectivity index (χ0) is 24.1. The number of carbonyl (C=O) groups is 2. The predicted octanol–water partition coefficient (Wildman–Crippen LogP) is 3.74. The quantitative estimate of drug-likeness (QED) is 0.431. The minimum absolute atomic E-state index is 0.0647. The Balaban J connectivity index is 1.74. The number of rotatable bonds is 7. The molecular weight excluding hydrogens is 430 g/mol. The van der Waals surface area contributed by atoms with Crippen molar-refractivity contribution < 1.29 is 14.3 Å². The number of ketones is 1. The van der Waals surface area contributed by atoms with Crippen LogP contribution in [0.2, 0.25) is 0 Å². The second-order valence-electron chi connectivity index (χ2n) is 7.59. The van der Waals surface area contributed by atoms with Crippen LogP contribution >= 0.6 is 0 Å². The fraction of sp³-hybridized carbons (Fsp3) is 0.111. The lowest BCUT2D eigenvalue weighted by molar-refractivity contribution is 0.0903. The lowest BCUT2D eigenvalue weighted by atomic mass is 9.95. The van der Waals surface area contributed by atoms with Gasteiger partial charge in [0.1, 0.15) is 11.3 Å². The van der Waals surface area contributed by atoms with Gasteiger partial charge < -0.3 is 10.1 Å². The highest BCUT2D eigenvalue weighted by Crippen LogP contribution is 2.31. The molecule has 1 N–H and O–H groups in total. The van der Waals surface area contributed by atoms with Gasteiger partial charge in [0, 0.05) is 23.7 Å². The SMILES string of the molecule is COc1ccc(C(=O)CNC(=O)c2c(-c3ccccc3)c(-c3ccccc3)nn(C)c2=O)cc1. The van der Waals surface area contributed by atoms with E-state index in [1.54, 1.807) is 31.4 Å². The first-order valence-electron chi connectivity index (χ1n) is 10.7. The number of amides is 1. The van der Waals surface area contributed by atoms with Crippen molar-refractivity contribution in [3.63, 3.8) is 0 Å². The molecule has 0 bridgehead atoms. The summed E-state index contributed by atoms with van der Waals surface area (Å²) in [5.74, 6) is -0.297. The number of aromatic nitrogens is 2. The van der Waals surface area contributed by atoms with E-state index < -0.39 is 11.5 Å². The summed E-state index contributed by atoms with van der Waals surface area (Å²) >= 11 is 0. The second-order valence-corrected chi connectivity index (χ2v) is 7.59. The van der Waals surface area contributed by atoms with Crippen molar-refractivity contribution in [2.75, 3.05) is 13.7 Å². The highest BCUT2D eigenvalue weighted by atomic mass is 16.5. The molecule has 4 aromatic rings. The molecule has 7 nitrogen and oxygen atoms in total. The summed E-state index contributed by atoms with van der Waals surface area (Å²) < 4.78 is 6.26. The first-order chi connectivity index (χ1) is 16.5. The van der Waals surface area contributed by atoms with Gasteiger partial charge in [0.2, 0.25) is 0 Å². The molecule has 0 spiro atoms. The number of methoxy groups -OCH3 is 1. The Morgan fingerprint density at radius 1 is 0.882 bits per heavy atom. The molecule has 0 fully saturated rings. The van der Waals surface area contributed by atoms with E-state index in [1.165, 1.54) is 7.05 Å². The Labute approximate surface area is 196 Å². The predicted molar refractivity (Wildman–Crippen MR) is 130 cm³/mol. The zero-order valence-electron chi connectivity index (χ0n) is 18.8. The van der Waals surface area contributed by atoms with Gasteiger partial charge in [-0.2, -0.15) is 5.10 Å². The number of nitrogens with zero attached hydrogens (tertiary/aromatic N) is 2. The molecule has 170 valence electrons. The molecule has 1 heterocycles. The van der Waals surface area contributed by atoms with E-state index in [-0.39, 0.29) is 17.9 Å². The van der Waals surface area contributed by atoms with Crippen molar-refractivity contribution >= 4 is 11.7 Å². The second kappa shape index (κ2) is 9.95. The number of hydrogen-bond donors (Lipinski definition) is 1. The molecule has 0 radical (unpaired) electrons. The number of nitrogens with one attached hydrogen (secondary N) is 1. The first kappa shape index (κ1) is 22.7. The summed E-state index contributed by atoms with van der Waals surface area (Å²) in [6, 6.07) is 25.1. The fourth-order valence-electron chi connectivity index (χ4n) is 3.66. The number of Topliss-reactive ketones (excluding diaryl/α,β-unsaturated/α-hetero) is 1. The summed E-state index contributed by atoms with van der Waals surface area (Å²) in [4.78, 5) is 39.0. The minimum atomic E-state index is -0.638. The van der Waals surface area contributed by atoms with Crippen LogP contribution in [0.25, 0.3) is 22.4 Å². The number of benzene rings is 3. The molecule has 7 heteroatoms. The average Bonchev–Trinajstić information content (AvgIpc) is 2.89. The molecule has 3 aromatic carbocycles. The molecule has 0 unspecified atom stereocenters. The first-order valence-corrected chi connectivity index (χ1v) is 10.7. The van der Waals surface area contributed by atoms with Crippen molar-refractivity contribution in [3.05, 3.63) is 106 Å². The minimum Gasteiger partial charge on any atom is -0.497 e. The van der Waals surface area contributed by atoms with E-state index >= 15 is 0 Å². The maximum atomic E-state index is 13.3. The Hall–Kier alpha value is -4.52. The van der Waals surface area contributed by atoms with Gasteiger partial charge in [0.15, 0.2) is 5.78 Å². The third-order valence-electron chi connectivity index (χ3n) is 5.40. The maximum Gasteiger partial charge on any atom is 0.280 e. The van der Waals surface area contributed by atoms with Gasteiger partial charge in [0.05, 0.1) is 19.3 Å². The molecule has 0 saturated heterocycles. The van der Waals surface area contributed by atoms with Crippen LogP contribution in [0.3, 0.4) is 0 Å². The fourth-order valence-corrected chi connectivity index (χ4v) is 3.66. The van der Waals surface area contributed by atoms with Crippen LogP contribution in [0.4, 0.5) is 0 Å². The monoisotopic (exact) mass is 453 g/mol. The van der Waals surface area contributed by atoms with E-state index in [9.17, 15) is 14.4 Å². The van der Waals surface area contributed by atoms with E-state index in [0.29, 0.717) is 28.1 Å². The molecule has 0 aliphatic rings. The molecule has 4 rings (SSSR count). The van der Waals surface area contributed by atoms with Crippen LogP contribution in [0.15, 0.2) is 89.7 Å². The summed E-state index contributed by atoms with van der Waals surface area (Å²) in [5.41, 5.74) is 2.18. The number of ether oxygens (including phenoxy) is 1. The summed E-state index contributed by atoms with van der Waals surface area (Å²) in [6.45, 7) is -0.258. The average molecular weight is 453 g/mol. The van der Waals surface area contributed by atoms with Crippen LogP contribution in [-0.2, 0) is 7.05 Å². The van der Waals surface area contributed by atoms with Crippen LogP contribution in [0, 0.1) is 0 Å². The Bertz CT molecular complexity index is 1380. The van der Waals surface area contributed by atoms with E-state index in [0.717, 1.165) is 10.2 Å². The highest BCUT2D eigenvalue weighted by molar-refractivity contribution is 6.06. The third-order valence-corrected chi connectivity index (χ3v) is 5.40. The van der Waals surface area contributed by atoms with Crippen LogP contribution in [0.1, 0.15) is 20.7 Å². The van der Waals surface area contributed by atoms with Gasteiger partial charge in [-0.25, -0.2) is 4.68 Å². The summed E-state index contributed by atoms with van der Waals surface area (Å²) in [6.07, 6.45) is 0. The van der Waals surface area contributed by atoms with Crippen LogP contribution in [0.5, 0.6) is 5.75 Å². The molecule has 1 amide bonds. The molecular formula is C27H23N3O4. The summed E-state index contributed by atoms with van der Waals surface area (Å²) in [5, 5.41) is 7.09. The van der Waals surface area contributed by atoms with Gasteiger partial charge in [-0.05, 0) is 29.8 Å². The topological polar surface area (TPSA) is 90.3 Å². The number of carbonyl (C=O) groups excluding carboxylic acids is 2. The van der Waals surface area contributed by atoms with Crippen LogP contribution in [-0.4, -0.2) is 35.1 Å². The van der Waals surface area contributed by atoms with Crippen molar-refractivity contribution in [1.82, 2.24) is 15.1 Å². The van der Waals surface area contributed by atoms with E-state index in [2.05, 4.69) is 10.4 Å². The van der Waals surface area contributed by atoms with Crippen LogP contribution < -0.4 is 15.6 Å². The Morgan fingerprint density at radius 2 is 1.47 bits per heavy atom. The highest BCUT2D eigenvalue weighted by Gasteiger charge is 2.24. The van der Waals surface area contributed by atoms with Gasteiger partial charge >= 0.3 is 0 Å². The smallest absolute Gasteiger partial charge is 0.280 e. The molecule has 0 saturated carbocycles.